The molecule has 102 valence electrons. The highest BCUT2D eigenvalue weighted by Crippen LogP contribution is 2.41. The van der Waals surface area contributed by atoms with Crippen molar-refractivity contribution in [3.63, 3.8) is 0 Å². The van der Waals surface area contributed by atoms with E-state index in [9.17, 15) is 5.11 Å². The molecule has 3 nitrogen and oxygen atoms in total. The molecule has 1 aromatic heterocycles. The summed E-state index contributed by atoms with van der Waals surface area (Å²) >= 11 is 0. The van der Waals surface area contributed by atoms with Crippen molar-refractivity contribution in [1.29, 1.82) is 0 Å². The van der Waals surface area contributed by atoms with Crippen molar-refractivity contribution in [2.45, 2.75) is 65.0 Å². The first-order valence-electron chi connectivity index (χ1n) is 7.29. The Morgan fingerprint density at radius 3 is 3.00 bits per heavy atom. The Hall–Kier alpha value is -0.830. The predicted molar refractivity (Wildman–Crippen MR) is 73.2 cm³/mol. The minimum absolute atomic E-state index is 0.644. The van der Waals surface area contributed by atoms with E-state index in [0.717, 1.165) is 31.6 Å². The van der Waals surface area contributed by atoms with Gasteiger partial charge in [-0.1, -0.05) is 20.3 Å². The molecule has 1 N–H and O–H groups in total. The number of nitrogens with zero attached hydrogens (tertiary/aromatic N) is 2. The fraction of sp³-hybridized carbons (Fsp3) is 0.800. The first-order chi connectivity index (χ1) is 8.55. The minimum atomic E-state index is -0.697. The van der Waals surface area contributed by atoms with Crippen LogP contribution in [0.1, 0.15) is 58.7 Å². The molecule has 0 saturated heterocycles. The van der Waals surface area contributed by atoms with Crippen LogP contribution in [0.15, 0.2) is 12.4 Å². The maximum atomic E-state index is 10.9. The second-order valence-corrected chi connectivity index (χ2v) is 6.16. The molecule has 0 bridgehead atoms. The van der Waals surface area contributed by atoms with Gasteiger partial charge in [0.2, 0.25) is 0 Å². The van der Waals surface area contributed by atoms with Gasteiger partial charge in [-0.05, 0) is 44.4 Å². The van der Waals surface area contributed by atoms with Crippen molar-refractivity contribution in [2.24, 2.45) is 11.8 Å². The Morgan fingerprint density at radius 1 is 1.56 bits per heavy atom. The SMILES string of the molecule is CCn1ccnc1C1(O)CCCC(CC(C)C)C1. The van der Waals surface area contributed by atoms with Gasteiger partial charge in [0.15, 0.2) is 0 Å². The quantitative estimate of drug-likeness (QED) is 0.890. The van der Waals surface area contributed by atoms with Crippen molar-refractivity contribution < 1.29 is 5.11 Å². The molecular formula is C15H26N2O. The zero-order chi connectivity index (χ0) is 13.2. The zero-order valence-corrected chi connectivity index (χ0v) is 11.9. The van der Waals surface area contributed by atoms with Gasteiger partial charge in [0, 0.05) is 18.9 Å². The topological polar surface area (TPSA) is 38.0 Å². The number of hydrogen-bond acceptors (Lipinski definition) is 2. The predicted octanol–water partition coefficient (Wildman–Crippen LogP) is 3.33. The van der Waals surface area contributed by atoms with E-state index in [4.69, 9.17) is 0 Å². The Morgan fingerprint density at radius 2 is 2.33 bits per heavy atom. The molecule has 1 aliphatic rings. The fourth-order valence-electron chi connectivity index (χ4n) is 3.41. The Kier molecular flexibility index (Phi) is 4.10. The fourth-order valence-corrected chi connectivity index (χ4v) is 3.41. The van der Waals surface area contributed by atoms with Gasteiger partial charge in [-0.25, -0.2) is 4.98 Å². The maximum absolute atomic E-state index is 10.9. The number of aryl methyl sites for hydroxylation is 1. The molecule has 1 aliphatic carbocycles. The molecule has 0 amide bonds. The molecule has 1 aromatic rings. The molecule has 18 heavy (non-hydrogen) atoms. The van der Waals surface area contributed by atoms with Crippen molar-refractivity contribution in [2.75, 3.05) is 0 Å². The number of imidazole rings is 1. The maximum Gasteiger partial charge on any atom is 0.140 e. The largest absolute Gasteiger partial charge is 0.382 e. The van der Waals surface area contributed by atoms with Gasteiger partial charge in [-0.15, -0.1) is 0 Å². The van der Waals surface area contributed by atoms with Gasteiger partial charge >= 0.3 is 0 Å². The highest BCUT2D eigenvalue weighted by Gasteiger charge is 2.38. The van der Waals surface area contributed by atoms with E-state index < -0.39 is 5.60 Å². The number of rotatable bonds is 4. The minimum Gasteiger partial charge on any atom is -0.382 e. The molecule has 2 atom stereocenters. The molecule has 0 aliphatic heterocycles. The molecule has 1 heterocycles. The van der Waals surface area contributed by atoms with E-state index >= 15 is 0 Å². The van der Waals surface area contributed by atoms with E-state index in [1.807, 2.05) is 12.4 Å². The highest BCUT2D eigenvalue weighted by molar-refractivity contribution is 5.07. The summed E-state index contributed by atoms with van der Waals surface area (Å²) in [7, 11) is 0. The second kappa shape index (κ2) is 5.43. The van der Waals surface area contributed by atoms with E-state index in [2.05, 4.69) is 30.3 Å². The monoisotopic (exact) mass is 250 g/mol. The van der Waals surface area contributed by atoms with Crippen LogP contribution < -0.4 is 0 Å². The van der Waals surface area contributed by atoms with Crippen molar-refractivity contribution in [3.05, 3.63) is 18.2 Å². The van der Waals surface area contributed by atoms with Crippen molar-refractivity contribution in [3.8, 4) is 0 Å². The lowest BCUT2D eigenvalue weighted by molar-refractivity contribution is -0.0344. The summed E-state index contributed by atoms with van der Waals surface area (Å²) in [4.78, 5) is 4.41. The van der Waals surface area contributed by atoms with Crippen molar-refractivity contribution >= 4 is 0 Å². The average Bonchev–Trinajstić information content (AvgIpc) is 2.76. The van der Waals surface area contributed by atoms with Gasteiger partial charge in [0.25, 0.3) is 0 Å². The summed E-state index contributed by atoms with van der Waals surface area (Å²) in [6, 6.07) is 0. The lowest BCUT2D eigenvalue weighted by Gasteiger charge is -2.37. The highest BCUT2D eigenvalue weighted by atomic mass is 16.3. The lowest BCUT2D eigenvalue weighted by atomic mass is 9.74. The van der Waals surface area contributed by atoms with Gasteiger partial charge in [0.1, 0.15) is 11.4 Å². The average molecular weight is 250 g/mol. The molecule has 0 radical (unpaired) electrons. The van der Waals surface area contributed by atoms with Crippen LogP contribution in [0, 0.1) is 11.8 Å². The lowest BCUT2D eigenvalue weighted by Crippen LogP contribution is -2.36. The molecule has 0 spiro atoms. The molecule has 1 fully saturated rings. The third-order valence-corrected chi connectivity index (χ3v) is 4.11. The van der Waals surface area contributed by atoms with Gasteiger partial charge < -0.3 is 9.67 Å². The standard InChI is InChI=1S/C15H26N2O/c1-4-17-9-8-16-14(17)15(18)7-5-6-13(11-15)10-12(2)3/h8-9,12-13,18H,4-7,10-11H2,1-3H3. The van der Waals surface area contributed by atoms with Gasteiger partial charge in [-0.2, -0.15) is 0 Å². The van der Waals surface area contributed by atoms with E-state index in [0.29, 0.717) is 11.8 Å². The van der Waals surface area contributed by atoms with Gasteiger partial charge in [-0.3, -0.25) is 0 Å². The summed E-state index contributed by atoms with van der Waals surface area (Å²) < 4.78 is 2.08. The summed E-state index contributed by atoms with van der Waals surface area (Å²) in [5.41, 5.74) is -0.697. The molecule has 2 unspecified atom stereocenters. The molecule has 0 aromatic carbocycles. The first-order valence-corrected chi connectivity index (χ1v) is 7.29. The van der Waals surface area contributed by atoms with Crippen LogP contribution in [0.5, 0.6) is 0 Å². The third kappa shape index (κ3) is 2.77. The smallest absolute Gasteiger partial charge is 0.140 e. The number of aliphatic hydroxyl groups is 1. The van der Waals surface area contributed by atoms with Crippen LogP contribution in [0.4, 0.5) is 0 Å². The summed E-state index contributed by atoms with van der Waals surface area (Å²) in [5.74, 6) is 2.23. The van der Waals surface area contributed by atoms with Crippen molar-refractivity contribution in [1.82, 2.24) is 9.55 Å². The first kappa shape index (κ1) is 13.6. The Labute approximate surface area is 110 Å². The van der Waals surface area contributed by atoms with Crippen LogP contribution in [0.3, 0.4) is 0 Å². The van der Waals surface area contributed by atoms with Crippen LogP contribution in [0.2, 0.25) is 0 Å². The van der Waals surface area contributed by atoms with Crippen LogP contribution in [0.25, 0.3) is 0 Å². The van der Waals surface area contributed by atoms with Crippen LogP contribution in [-0.2, 0) is 12.1 Å². The summed E-state index contributed by atoms with van der Waals surface area (Å²) in [5, 5.41) is 10.9. The molecule has 2 rings (SSSR count). The van der Waals surface area contributed by atoms with Crippen LogP contribution >= 0.6 is 0 Å². The van der Waals surface area contributed by atoms with Crippen LogP contribution in [-0.4, -0.2) is 14.7 Å². The van der Waals surface area contributed by atoms with E-state index in [1.54, 1.807) is 0 Å². The number of hydrogen-bond donors (Lipinski definition) is 1. The van der Waals surface area contributed by atoms with E-state index in [1.165, 1.54) is 12.8 Å². The normalized spacial score (nSPS) is 28.8. The Balaban J connectivity index is 2.15. The number of aromatic nitrogens is 2. The molecule has 1 saturated carbocycles. The molecular weight excluding hydrogens is 224 g/mol. The summed E-state index contributed by atoms with van der Waals surface area (Å²) in [6.07, 6.45) is 9.11. The van der Waals surface area contributed by atoms with Gasteiger partial charge in [0.05, 0.1) is 0 Å². The molecule has 3 heteroatoms. The Bertz CT molecular complexity index is 386. The third-order valence-electron chi connectivity index (χ3n) is 4.11. The summed E-state index contributed by atoms with van der Waals surface area (Å²) in [6.45, 7) is 7.51. The zero-order valence-electron chi connectivity index (χ0n) is 11.9. The van der Waals surface area contributed by atoms with E-state index in [-0.39, 0.29) is 0 Å². The second-order valence-electron chi connectivity index (χ2n) is 6.16.